The number of halogens is 1. The van der Waals surface area contributed by atoms with E-state index in [0.717, 1.165) is 0 Å². The first-order chi connectivity index (χ1) is 12.0. The zero-order chi connectivity index (χ0) is 18.0. The number of H-pyrrole nitrogens is 1. The van der Waals surface area contributed by atoms with Gasteiger partial charge in [0.25, 0.3) is 5.56 Å². The Labute approximate surface area is 147 Å². The maximum absolute atomic E-state index is 12.4. The maximum Gasteiger partial charge on any atom is 0.360 e. The second kappa shape index (κ2) is 6.86. The molecule has 7 heteroatoms. The van der Waals surface area contributed by atoms with Gasteiger partial charge in [-0.1, -0.05) is 29.8 Å². The number of aromatic amines is 1. The molecule has 0 saturated heterocycles. The number of carbonyl (C=O) groups excluding carboxylic acids is 2. The molecule has 126 valence electrons. The third kappa shape index (κ3) is 3.44. The second-order valence-corrected chi connectivity index (χ2v) is 5.80. The molecule has 0 spiro atoms. The van der Waals surface area contributed by atoms with Crippen molar-refractivity contribution in [1.29, 1.82) is 0 Å². The van der Waals surface area contributed by atoms with E-state index < -0.39 is 17.6 Å². The van der Waals surface area contributed by atoms with E-state index in [0.29, 0.717) is 21.4 Å². The molecule has 6 nitrogen and oxygen atoms in total. The Hall–Kier alpha value is -2.99. The number of hydrogen-bond acceptors (Lipinski definition) is 5. The molecular formula is C18H13ClN2O4. The summed E-state index contributed by atoms with van der Waals surface area (Å²) in [5.74, 6) is -1.15. The van der Waals surface area contributed by atoms with Crippen molar-refractivity contribution in [3.63, 3.8) is 0 Å². The number of esters is 1. The van der Waals surface area contributed by atoms with Crippen molar-refractivity contribution in [2.24, 2.45) is 0 Å². The Morgan fingerprint density at radius 2 is 1.72 bits per heavy atom. The van der Waals surface area contributed by atoms with E-state index in [2.05, 4.69) is 10.2 Å². The number of hydrogen-bond donors (Lipinski definition) is 1. The number of carbonyl (C=O) groups is 2. The molecule has 1 atom stereocenters. The number of rotatable bonds is 4. The van der Waals surface area contributed by atoms with Crippen LogP contribution in [0.25, 0.3) is 10.8 Å². The molecule has 0 amide bonds. The number of Topliss-reactive ketones (excluding diaryl/α,β-unsaturated/α-hetero) is 1. The van der Waals surface area contributed by atoms with Crippen molar-refractivity contribution in [1.82, 2.24) is 10.2 Å². The molecule has 0 aliphatic carbocycles. The van der Waals surface area contributed by atoms with Crippen LogP contribution in [0, 0.1) is 0 Å². The van der Waals surface area contributed by atoms with Crippen LogP contribution in [0.4, 0.5) is 0 Å². The molecule has 25 heavy (non-hydrogen) atoms. The van der Waals surface area contributed by atoms with Gasteiger partial charge in [0.05, 0.1) is 5.39 Å². The van der Waals surface area contributed by atoms with Crippen LogP contribution in [0.5, 0.6) is 0 Å². The minimum Gasteiger partial charge on any atom is -0.449 e. The van der Waals surface area contributed by atoms with Crippen molar-refractivity contribution in [2.45, 2.75) is 13.0 Å². The first-order valence-corrected chi connectivity index (χ1v) is 7.83. The first kappa shape index (κ1) is 16.9. The van der Waals surface area contributed by atoms with Gasteiger partial charge in [0, 0.05) is 16.0 Å². The molecule has 0 aliphatic heterocycles. The van der Waals surface area contributed by atoms with Crippen LogP contribution in [0.2, 0.25) is 5.02 Å². The number of nitrogens with one attached hydrogen (secondary N) is 1. The summed E-state index contributed by atoms with van der Waals surface area (Å²) in [6.07, 6.45) is -1.01. The normalized spacial score (nSPS) is 11.9. The number of fused-ring (bicyclic) bond motifs is 1. The molecule has 0 aliphatic rings. The summed E-state index contributed by atoms with van der Waals surface area (Å²) in [6.45, 7) is 1.47. The molecule has 3 rings (SSSR count). The van der Waals surface area contributed by atoms with E-state index in [1.807, 2.05) is 0 Å². The summed E-state index contributed by atoms with van der Waals surface area (Å²) in [5.41, 5.74) is -0.0765. The Kier molecular flexibility index (Phi) is 4.63. The third-order valence-corrected chi connectivity index (χ3v) is 3.92. The summed E-state index contributed by atoms with van der Waals surface area (Å²) < 4.78 is 5.22. The fourth-order valence-electron chi connectivity index (χ4n) is 2.39. The maximum atomic E-state index is 12.4. The lowest BCUT2D eigenvalue weighted by Gasteiger charge is -2.12. The minimum absolute atomic E-state index is 0.0500. The average Bonchev–Trinajstić information content (AvgIpc) is 2.62. The molecule has 2 aromatic carbocycles. The van der Waals surface area contributed by atoms with Crippen LogP contribution in [0.3, 0.4) is 0 Å². The zero-order valence-electron chi connectivity index (χ0n) is 13.2. The van der Waals surface area contributed by atoms with Crippen molar-refractivity contribution >= 4 is 34.1 Å². The van der Waals surface area contributed by atoms with E-state index in [-0.39, 0.29) is 11.5 Å². The summed E-state index contributed by atoms with van der Waals surface area (Å²) in [5, 5.41) is 7.21. The Bertz CT molecular complexity index is 1010. The van der Waals surface area contributed by atoms with Crippen LogP contribution in [-0.4, -0.2) is 28.1 Å². The summed E-state index contributed by atoms with van der Waals surface area (Å²) in [6, 6.07) is 12.8. The molecule has 0 radical (unpaired) electrons. The lowest BCUT2D eigenvalue weighted by molar-refractivity contribution is 0.0314. The van der Waals surface area contributed by atoms with Crippen molar-refractivity contribution in [3.05, 3.63) is 75.2 Å². The number of nitrogens with zero attached hydrogens (tertiary/aromatic N) is 1. The number of aromatic nitrogens is 2. The van der Waals surface area contributed by atoms with Crippen LogP contribution >= 0.6 is 11.6 Å². The van der Waals surface area contributed by atoms with Gasteiger partial charge in [0.15, 0.2) is 11.8 Å². The Morgan fingerprint density at radius 1 is 1.08 bits per heavy atom. The van der Waals surface area contributed by atoms with E-state index in [9.17, 15) is 14.4 Å². The highest BCUT2D eigenvalue weighted by molar-refractivity contribution is 6.30. The third-order valence-electron chi connectivity index (χ3n) is 3.67. The first-order valence-electron chi connectivity index (χ1n) is 7.45. The fourth-order valence-corrected chi connectivity index (χ4v) is 2.52. The lowest BCUT2D eigenvalue weighted by atomic mass is 10.1. The molecule has 0 fully saturated rings. The standard InChI is InChI=1S/C18H13ClN2O4/c1-10(16(22)11-6-8-12(19)9-7-11)25-18(24)15-13-4-2-3-5-14(13)17(23)21-20-15/h2-10H,1H3,(H,21,23)/t10-/m1/s1. The SMILES string of the molecule is C[C@@H](OC(=O)c1n[nH]c(=O)c2ccccc12)C(=O)c1ccc(Cl)cc1. The fraction of sp³-hybridized carbons (Fsp3) is 0.111. The van der Waals surface area contributed by atoms with Gasteiger partial charge >= 0.3 is 5.97 Å². The highest BCUT2D eigenvalue weighted by atomic mass is 35.5. The second-order valence-electron chi connectivity index (χ2n) is 5.37. The van der Waals surface area contributed by atoms with Gasteiger partial charge < -0.3 is 4.74 Å². The van der Waals surface area contributed by atoms with Crippen LogP contribution in [0.1, 0.15) is 27.8 Å². The van der Waals surface area contributed by atoms with Gasteiger partial charge in [-0.2, -0.15) is 5.10 Å². The van der Waals surface area contributed by atoms with Gasteiger partial charge in [-0.25, -0.2) is 9.89 Å². The van der Waals surface area contributed by atoms with Gasteiger partial charge in [0.2, 0.25) is 5.78 Å². The van der Waals surface area contributed by atoms with E-state index >= 15 is 0 Å². The molecule has 1 N–H and O–H groups in total. The van der Waals surface area contributed by atoms with Crippen LogP contribution in [-0.2, 0) is 4.74 Å². The van der Waals surface area contributed by atoms with Crippen molar-refractivity contribution in [2.75, 3.05) is 0 Å². The molecule has 3 aromatic rings. The summed E-state index contributed by atoms with van der Waals surface area (Å²) in [4.78, 5) is 36.5. The minimum atomic E-state index is -1.01. The molecule has 1 heterocycles. The number of benzene rings is 2. The molecule has 0 saturated carbocycles. The molecule has 1 aromatic heterocycles. The lowest BCUT2D eigenvalue weighted by Crippen LogP contribution is -2.26. The van der Waals surface area contributed by atoms with Gasteiger partial charge in [-0.05, 0) is 37.3 Å². The Morgan fingerprint density at radius 3 is 2.40 bits per heavy atom. The number of ether oxygens (including phenoxy) is 1. The number of ketones is 1. The largest absolute Gasteiger partial charge is 0.449 e. The average molecular weight is 357 g/mol. The van der Waals surface area contributed by atoms with Gasteiger partial charge in [0.1, 0.15) is 0 Å². The highest BCUT2D eigenvalue weighted by Gasteiger charge is 2.23. The van der Waals surface area contributed by atoms with Gasteiger partial charge in [-0.15, -0.1) is 0 Å². The predicted octanol–water partition coefficient (Wildman–Crippen LogP) is 3.00. The summed E-state index contributed by atoms with van der Waals surface area (Å²) >= 11 is 5.79. The van der Waals surface area contributed by atoms with Crippen molar-refractivity contribution in [3.8, 4) is 0 Å². The topological polar surface area (TPSA) is 89.1 Å². The highest BCUT2D eigenvalue weighted by Crippen LogP contribution is 2.16. The Balaban J connectivity index is 1.85. The van der Waals surface area contributed by atoms with Crippen molar-refractivity contribution < 1.29 is 14.3 Å². The zero-order valence-corrected chi connectivity index (χ0v) is 13.9. The molecule has 0 bridgehead atoms. The van der Waals surface area contributed by atoms with E-state index in [1.165, 1.54) is 6.92 Å². The van der Waals surface area contributed by atoms with Gasteiger partial charge in [-0.3, -0.25) is 9.59 Å². The molecular weight excluding hydrogens is 344 g/mol. The van der Waals surface area contributed by atoms with E-state index in [1.54, 1.807) is 48.5 Å². The van der Waals surface area contributed by atoms with E-state index in [4.69, 9.17) is 16.3 Å². The quantitative estimate of drug-likeness (QED) is 0.573. The monoisotopic (exact) mass is 356 g/mol. The summed E-state index contributed by atoms with van der Waals surface area (Å²) in [7, 11) is 0. The van der Waals surface area contributed by atoms with Crippen LogP contribution in [0.15, 0.2) is 53.3 Å². The predicted molar refractivity (Wildman–Crippen MR) is 93.0 cm³/mol. The van der Waals surface area contributed by atoms with Crippen LogP contribution < -0.4 is 5.56 Å². The molecule has 0 unspecified atom stereocenters. The smallest absolute Gasteiger partial charge is 0.360 e.